The Morgan fingerprint density at radius 3 is 2.44 bits per heavy atom. The first-order valence-electron chi connectivity index (χ1n) is 5.99. The molecule has 7 heteroatoms. The lowest BCUT2D eigenvalue weighted by molar-refractivity contribution is -0.137. The standard InChI is InChI=1S/C11H19N3O4/c1-13(8-10(16)17)11(18)12-5-4-9(15)14-6-2-3-7-14/h2-8H2,1H3,(H,12,18)(H,16,17). The van der Waals surface area contributed by atoms with E-state index >= 15 is 0 Å². The van der Waals surface area contributed by atoms with Crippen LogP contribution in [0.3, 0.4) is 0 Å². The summed E-state index contributed by atoms with van der Waals surface area (Å²) < 4.78 is 0. The summed E-state index contributed by atoms with van der Waals surface area (Å²) in [6.45, 7) is 1.47. The number of aliphatic carboxylic acids is 1. The van der Waals surface area contributed by atoms with Gasteiger partial charge in [-0.3, -0.25) is 9.59 Å². The van der Waals surface area contributed by atoms with Crippen molar-refractivity contribution in [1.29, 1.82) is 0 Å². The van der Waals surface area contributed by atoms with Gasteiger partial charge in [-0.05, 0) is 12.8 Å². The van der Waals surface area contributed by atoms with Crippen LogP contribution < -0.4 is 5.32 Å². The van der Waals surface area contributed by atoms with Gasteiger partial charge in [0.2, 0.25) is 5.91 Å². The van der Waals surface area contributed by atoms with Crippen LogP contribution in [0.5, 0.6) is 0 Å². The molecule has 18 heavy (non-hydrogen) atoms. The molecule has 0 bridgehead atoms. The normalized spacial score (nSPS) is 14.4. The van der Waals surface area contributed by atoms with Crippen LogP contribution >= 0.6 is 0 Å². The molecule has 0 atom stereocenters. The summed E-state index contributed by atoms with van der Waals surface area (Å²) in [7, 11) is 1.39. The molecule has 2 N–H and O–H groups in total. The molecule has 1 saturated heterocycles. The Morgan fingerprint density at radius 2 is 1.89 bits per heavy atom. The molecule has 1 heterocycles. The van der Waals surface area contributed by atoms with Crippen LogP contribution in [0.25, 0.3) is 0 Å². The molecule has 0 saturated carbocycles. The fourth-order valence-corrected chi connectivity index (χ4v) is 1.81. The average Bonchev–Trinajstić information content (AvgIpc) is 2.81. The number of likely N-dealkylation sites (N-methyl/N-ethyl adjacent to an activating group) is 1. The average molecular weight is 257 g/mol. The van der Waals surface area contributed by atoms with Crippen molar-refractivity contribution in [3.8, 4) is 0 Å². The Kier molecular flexibility index (Phi) is 5.41. The third-order valence-corrected chi connectivity index (χ3v) is 2.79. The molecule has 1 rings (SSSR count). The van der Waals surface area contributed by atoms with E-state index in [2.05, 4.69) is 5.32 Å². The Labute approximate surface area is 106 Å². The Morgan fingerprint density at radius 1 is 1.28 bits per heavy atom. The van der Waals surface area contributed by atoms with E-state index in [-0.39, 0.29) is 25.4 Å². The summed E-state index contributed by atoms with van der Waals surface area (Å²) >= 11 is 0. The molecule has 1 aliphatic heterocycles. The summed E-state index contributed by atoms with van der Waals surface area (Å²) in [4.78, 5) is 36.3. The van der Waals surface area contributed by atoms with Crippen LogP contribution in [0.2, 0.25) is 0 Å². The van der Waals surface area contributed by atoms with E-state index < -0.39 is 12.0 Å². The molecule has 0 aromatic rings. The first-order chi connectivity index (χ1) is 8.50. The van der Waals surface area contributed by atoms with Crippen molar-refractivity contribution < 1.29 is 19.5 Å². The lowest BCUT2D eigenvalue weighted by atomic mass is 10.3. The number of hydrogen-bond donors (Lipinski definition) is 2. The molecule has 0 radical (unpaired) electrons. The lowest BCUT2D eigenvalue weighted by Gasteiger charge is -2.17. The summed E-state index contributed by atoms with van der Waals surface area (Å²) in [6.07, 6.45) is 2.34. The van der Waals surface area contributed by atoms with Gasteiger partial charge in [0.25, 0.3) is 0 Å². The minimum Gasteiger partial charge on any atom is -0.480 e. The van der Waals surface area contributed by atoms with E-state index in [1.807, 2.05) is 0 Å². The largest absolute Gasteiger partial charge is 0.480 e. The molecule has 1 fully saturated rings. The van der Waals surface area contributed by atoms with Gasteiger partial charge in [-0.2, -0.15) is 0 Å². The minimum atomic E-state index is -1.07. The number of urea groups is 1. The highest BCUT2D eigenvalue weighted by Gasteiger charge is 2.18. The zero-order valence-electron chi connectivity index (χ0n) is 10.5. The molecule has 0 unspecified atom stereocenters. The van der Waals surface area contributed by atoms with Crippen LogP contribution in [0, 0.1) is 0 Å². The maximum Gasteiger partial charge on any atom is 0.323 e. The summed E-state index contributed by atoms with van der Waals surface area (Å²) in [5.74, 6) is -1.03. The number of amides is 3. The predicted octanol–water partition coefficient (Wildman–Crippen LogP) is -0.275. The lowest BCUT2D eigenvalue weighted by Crippen LogP contribution is -2.41. The monoisotopic (exact) mass is 257 g/mol. The second-order valence-electron chi connectivity index (χ2n) is 4.32. The fraction of sp³-hybridized carbons (Fsp3) is 0.727. The highest BCUT2D eigenvalue weighted by atomic mass is 16.4. The predicted molar refractivity (Wildman–Crippen MR) is 64.1 cm³/mol. The quantitative estimate of drug-likeness (QED) is 0.709. The Hall–Kier alpha value is -1.79. The van der Waals surface area contributed by atoms with Crippen molar-refractivity contribution in [1.82, 2.24) is 15.1 Å². The van der Waals surface area contributed by atoms with Gasteiger partial charge in [-0.1, -0.05) is 0 Å². The molecule has 0 spiro atoms. The number of nitrogens with zero attached hydrogens (tertiary/aromatic N) is 2. The SMILES string of the molecule is CN(CC(=O)O)C(=O)NCCC(=O)N1CCCC1. The first-order valence-corrected chi connectivity index (χ1v) is 5.99. The van der Waals surface area contributed by atoms with E-state index in [9.17, 15) is 14.4 Å². The Bertz CT molecular complexity index is 326. The third kappa shape index (κ3) is 4.60. The topological polar surface area (TPSA) is 90.0 Å². The number of carboxylic acid groups (broad SMARTS) is 1. The molecule has 0 aromatic heterocycles. The summed E-state index contributed by atoms with van der Waals surface area (Å²) in [5.41, 5.74) is 0. The van der Waals surface area contributed by atoms with Crippen molar-refractivity contribution in [2.24, 2.45) is 0 Å². The summed E-state index contributed by atoms with van der Waals surface area (Å²) in [5, 5.41) is 11.0. The molecule has 7 nitrogen and oxygen atoms in total. The maximum absolute atomic E-state index is 11.6. The number of likely N-dealkylation sites (tertiary alicyclic amines) is 1. The second kappa shape index (κ2) is 6.83. The van der Waals surface area contributed by atoms with Gasteiger partial charge in [0.05, 0.1) is 0 Å². The number of carbonyl (C=O) groups excluding carboxylic acids is 2. The fourth-order valence-electron chi connectivity index (χ4n) is 1.81. The van der Waals surface area contributed by atoms with Crippen LogP contribution in [-0.2, 0) is 9.59 Å². The molecule has 3 amide bonds. The number of nitrogens with one attached hydrogen (secondary N) is 1. The first kappa shape index (κ1) is 14.3. The van der Waals surface area contributed by atoms with Crippen LogP contribution in [0.4, 0.5) is 4.79 Å². The second-order valence-corrected chi connectivity index (χ2v) is 4.32. The van der Waals surface area contributed by atoms with Crippen molar-refractivity contribution in [3.63, 3.8) is 0 Å². The van der Waals surface area contributed by atoms with Crippen LogP contribution in [0.15, 0.2) is 0 Å². The highest BCUT2D eigenvalue weighted by molar-refractivity contribution is 5.81. The van der Waals surface area contributed by atoms with Gasteiger partial charge in [-0.15, -0.1) is 0 Å². The van der Waals surface area contributed by atoms with Gasteiger partial charge >= 0.3 is 12.0 Å². The molecular formula is C11H19N3O4. The summed E-state index contributed by atoms with van der Waals surface area (Å²) in [6, 6.07) is -0.480. The maximum atomic E-state index is 11.6. The van der Waals surface area contributed by atoms with Gasteiger partial charge < -0.3 is 20.2 Å². The van der Waals surface area contributed by atoms with Crippen molar-refractivity contribution in [2.75, 3.05) is 33.2 Å². The molecule has 102 valence electrons. The smallest absolute Gasteiger partial charge is 0.323 e. The number of carbonyl (C=O) groups is 3. The number of rotatable bonds is 5. The molecule has 1 aliphatic rings. The highest BCUT2D eigenvalue weighted by Crippen LogP contribution is 2.08. The van der Waals surface area contributed by atoms with Crippen LogP contribution in [-0.4, -0.2) is 66.0 Å². The molecular weight excluding hydrogens is 238 g/mol. The van der Waals surface area contributed by atoms with E-state index in [0.29, 0.717) is 0 Å². The van der Waals surface area contributed by atoms with E-state index in [0.717, 1.165) is 30.8 Å². The number of carboxylic acids is 1. The van der Waals surface area contributed by atoms with E-state index in [4.69, 9.17) is 5.11 Å². The van der Waals surface area contributed by atoms with E-state index in [1.165, 1.54) is 7.05 Å². The minimum absolute atomic E-state index is 0.0358. The molecule has 0 aromatic carbocycles. The van der Waals surface area contributed by atoms with Gasteiger partial charge in [0, 0.05) is 33.1 Å². The third-order valence-electron chi connectivity index (χ3n) is 2.79. The number of hydrogen-bond acceptors (Lipinski definition) is 3. The van der Waals surface area contributed by atoms with Gasteiger partial charge in [0.15, 0.2) is 0 Å². The van der Waals surface area contributed by atoms with Crippen molar-refractivity contribution in [3.05, 3.63) is 0 Å². The van der Waals surface area contributed by atoms with Crippen molar-refractivity contribution in [2.45, 2.75) is 19.3 Å². The molecule has 0 aliphatic carbocycles. The van der Waals surface area contributed by atoms with E-state index in [1.54, 1.807) is 4.90 Å². The van der Waals surface area contributed by atoms with Gasteiger partial charge in [-0.25, -0.2) is 4.79 Å². The zero-order chi connectivity index (χ0) is 13.5. The van der Waals surface area contributed by atoms with Gasteiger partial charge in [0.1, 0.15) is 6.54 Å². The van der Waals surface area contributed by atoms with Crippen LogP contribution in [0.1, 0.15) is 19.3 Å². The van der Waals surface area contributed by atoms with Crippen molar-refractivity contribution >= 4 is 17.9 Å². The Balaban J connectivity index is 2.18. The zero-order valence-corrected chi connectivity index (χ0v) is 10.5.